The van der Waals surface area contributed by atoms with E-state index in [0.29, 0.717) is 5.69 Å². The lowest BCUT2D eigenvalue weighted by Crippen LogP contribution is -2.28. The van der Waals surface area contributed by atoms with E-state index in [1.54, 1.807) is 23.9 Å². The van der Waals surface area contributed by atoms with E-state index in [-0.39, 0.29) is 16.7 Å². The van der Waals surface area contributed by atoms with Gasteiger partial charge in [0.05, 0.1) is 16.5 Å². The molecule has 1 fully saturated rings. The number of hydrogen-bond acceptors (Lipinski definition) is 3. The predicted octanol–water partition coefficient (Wildman–Crippen LogP) is 3.37. The van der Waals surface area contributed by atoms with E-state index < -0.39 is 5.97 Å². The Balaban J connectivity index is 2.15. The van der Waals surface area contributed by atoms with Crippen molar-refractivity contribution in [2.45, 2.75) is 24.5 Å². The van der Waals surface area contributed by atoms with E-state index >= 15 is 0 Å². The molecular formula is C13H14BrNO3S. The molecule has 0 aliphatic carbocycles. The SMILES string of the molecule is O=C(O)c1ccc(Br)cc1NC(=O)C1CCCCS1. The highest BCUT2D eigenvalue weighted by Crippen LogP contribution is 2.27. The van der Waals surface area contributed by atoms with Crippen LogP contribution in [0.5, 0.6) is 0 Å². The molecule has 0 radical (unpaired) electrons. The molecule has 1 heterocycles. The van der Waals surface area contributed by atoms with Crippen molar-refractivity contribution in [3.63, 3.8) is 0 Å². The molecule has 1 saturated heterocycles. The third-order valence-electron chi connectivity index (χ3n) is 2.94. The maximum atomic E-state index is 12.1. The van der Waals surface area contributed by atoms with Crippen LogP contribution in [0.4, 0.5) is 5.69 Å². The van der Waals surface area contributed by atoms with Crippen molar-refractivity contribution in [2.75, 3.05) is 11.1 Å². The molecule has 1 aromatic rings. The smallest absolute Gasteiger partial charge is 0.337 e. The van der Waals surface area contributed by atoms with Gasteiger partial charge in [0, 0.05) is 4.47 Å². The molecule has 102 valence electrons. The Bertz CT molecular complexity index is 501. The Morgan fingerprint density at radius 2 is 2.16 bits per heavy atom. The molecule has 1 unspecified atom stereocenters. The number of carboxylic acids is 1. The van der Waals surface area contributed by atoms with Gasteiger partial charge < -0.3 is 10.4 Å². The van der Waals surface area contributed by atoms with Gasteiger partial charge in [-0.15, -0.1) is 11.8 Å². The normalized spacial score (nSPS) is 18.9. The van der Waals surface area contributed by atoms with E-state index in [1.807, 2.05) is 0 Å². The lowest BCUT2D eigenvalue weighted by atomic mass is 10.1. The molecule has 0 saturated carbocycles. The number of carboxylic acid groups (broad SMARTS) is 1. The number of amides is 1. The molecule has 0 spiro atoms. The zero-order valence-corrected chi connectivity index (χ0v) is 12.6. The Morgan fingerprint density at radius 3 is 2.79 bits per heavy atom. The summed E-state index contributed by atoms with van der Waals surface area (Å²) in [4.78, 5) is 23.2. The van der Waals surface area contributed by atoms with Gasteiger partial charge in [-0.05, 0) is 36.8 Å². The maximum absolute atomic E-state index is 12.1. The molecule has 1 aromatic carbocycles. The van der Waals surface area contributed by atoms with Crippen molar-refractivity contribution < 1.29 is 14.7 Å². The average Bonchev–Trinajstić information content (AvgIpc) is 2.39. The minimum atomic E-state index is -1.04. The lowest BCUT2D eigenvalue weighted by molar-refractivity contribution is -0.115. The van der Waals surface area contributed by atoms with Gasteiger partial charge in [-0.2, -0.15) is 0 Å². The number of nitrogens with one attached hydrogen (secondary N) is 1. The zero-order chi connectivity index (χ0) is 13.8. The highest BCUT2D eigenvalue weighted by molar-refractivity contribution is 9.10. The summed E-state index contributed by atoms with van der Waals surface area (Å²) in [5.74, 6) is -0.160. The monoisotopic (exact) mass is 343 g/mol. The summed E-state index contributed by atoms with van der Waals surface area (Å²) in [7, 11) is 0. The molecule has 2 rings (SSSR count). The van der Waals surface area contributed by atoms with Gasteiger partial charge in [-0.1, -0.05) is 22.4 Å². The fourth-order valence-electron chi connectivity index (χ4n) is 1.97. The van der Waals surface area contributed by atoms with Gasteiger partial charge in [0.2, 0.25) is 5.91 Å². The Kier molecular flexibility index (Phi) is 4.87. The average molecular weight is 344 g/mol. The number of thioether (sulfide) groups is 1. The van der Waals surface area contributed by atoms with Crippen LogP contribution in [0.3, 0.4) is 0 Å². The molecule has 4 nitrogen and oxygen atoms in total. The first-order valence-electron chi connectivity index (χ1n) is 6.03. The quantitative estimate of drug-likeness (QED) is 0.882. The molecule has 1 amide bonds. The summed E-state index contributed by atoms with van der Waals surface area (Å²) < 4.78 is 0.740. The summed E-state index contributed by atoms with van der Waals surface area (Å²) in [5.41, 5.74) is 0.454. The zero-order valence-electron chi connectivity index (χ0n) is 10.2. The standard InChI is InChI=1S/C13H14BrNO3S/c14-8-4-5-9(13(17)18)10(7-8)15-12(16)11-3-1-2-6-19-11/h4-5,7,11H,1-3,6H2,(H,15,16)(H,17,18). The summed E-state index contributed by atoms with van der Waals surface area (Å²) >= 11 is 4.92. The van der Waals surface area contributed by atoms with Crippen molar-refractivity contribution in [1.29, 1.82) is 0 Å². The van der Waals surface area contributed by atoms with Gasteiger partial charge >= 0.3 is 5.97 Å². The highest BCUT2D eigenvalue weighted by atomic mass is 79.9. The number of anilines is 1. The molecule has 0 bridgehead atoms. The van der Waals surface area contributed by atoms with Crippen LogP contribution in [0.15, 0.2) is 22.7 Å². The van der Waals surface area contributed by atoms with Gasteiger partial charge in [-0.25, -0.2) is 4.79 Å². The van der Waals surface area contributed by atoms with Crippen LogP contribution in [0.25, 0.3) is 0 Å². The number of halogens is 1. The summed E-state index contributed by atoms with van der Waals surface area (Å²) in [6.45, 7) is 0. The third kappa shape index (κ3) is 3.73. The second-order valence-electron chi connectivity index (χ2n) is 4.34. The van der Waals surface area contributed by atoms with Crippen LogP contribution >= 0.6 is 27.7 Å². The number of aromatic carboxylic acids is 1. The molecule has 1 aliphatic rings. The summed E-state index contributed by atoms with van der Waals surface area (Å²) in [5, 5.41) is 11.8. The molecule has 2 N–H and O–H groups in total. The molecule has 1 atom stereocenters. The topological polar surface area (TPSA) is 66.4 Å². The van der Waals surface area contributed by atoms with Crippen LogP contribution in [-0.2, 0) is 4.79 Å². The minimum absolute atomic E-state index is 0.0747. The van der Waals surface area contributed by atoms with E-state index in [9.17, 15) is 9.59 Å². The fourth-order valence-corrected chi connectivity index (χ4v) is 3.53. The van der Waals surface area contributed by atoms with Gasteiger partial charge in [-0.3, -0.25) is 4.79 Å². The van der Waals surface area contributed by atoms with Gasteiger partial charge in [0.15, 0.2) is 0 Å². The number of carbonyl (C=O) groups is 2. The van der Waals surface area contributed by atoms with E-state index in [0.717, 1.165) is 29.5 Å². The van der Waals surface area contributed by atoms with E-state index in [4.69, 9.17) is 5.11 Å². The van der Waals surface area contributed by atoms with E-state index in [1.165, 1.54) is 6.07 Å². The molecule has 1 aliphatic heterocycles. The fraction of sp³-hybridized carbons (Fsp3) is 0.385. The molecule has 6 heteroatoms. The van der Waals surface area contributed by atoms with Crippen LogP contribution in [0.2, 0.25) is 0 Å². The number of benzene rings is 1. The Hall–Kier alpha value is -1.01. The van der Waals surface area contributed by atoms with Gasteiger partial charge in [0.1, 0.15) is 0 Å². The molecular weight excluding hydrogens is 330 g/mol. The number of hydrogen-bond donors (Lipinski definition) is 2. The highest BCUT2D eigenvalue weighted by Gasteiger charge is 2.23. The first-order chi connectivity index (χ1) is 9.08. The van der Waals surface area contributed by atoms with Crippen LogP contribution in [-0.4, -0.2) is 28.0 Å². The van der Waals surface area contributed by atoms with Crippen molar-refractivity contribution >= 4 is 45.3 Å². The van der Waals surface area contributed by atoms with Crippen molar-refractivity contribution in [3.05, 3.63) is 28.2 Å². The second kappa shape index (κ2) is 6.43. The minimum Gasteiger partial charge on any atom is -0.478 e. The predicted molar refractivity (Wildman–Crippen MR) is 79.8 cm³/mol. The van der Waals surface area contributed by atoms with Crippen LogP contribution in [0.1, 0.15) is 29.6 Å². The van der Waals surface area contributed by atoms with Crippen LogP contribution in [0, 0.1) is 0 Å². The Labute approximate surface area is 124 Å². The number of rotatable bonds is 3. The second-order valence-corrected chi connectivity index (χ2v) is 6.57. The van der Waals surface area contributed by atoms with Crippen molar-refractivity contribution in [2.24, 2.45) is 0 Å². The Morgan fingerprint density at radius 1 is 1.37 bits per heavy atom. The maximum Gasteiger partial charge on any atom is 0.337 e. The lowest BCUT2D eigenvalue weighted by Gasteiger charge is -2.21. The first-order valence-corrected chi connectivity index (χ1v) is 7.87. The van der Waals surface area contributed by atoms with Crippen molar-refractivity contribution in [1.82, 2.24) is 0 Å². The molecule has 19 heavy (non-hydrogen) atoms. The summed E-state index contributed by atoms with van der Waals surface area (Å²) in [6, 6.07) is 4.75. The third-order valence-corrected chi connectivity index (χ3v) is 4.81. The van der Waals surface area contributed by atoms with Gasteiger partial charge in [0.25, 0.3) is 0 Å². The summed E-state index contributed by atoms with van der Waals surface area (Å²) in [6.07, 6.45) is 3.05. The number of carbonyl (C=O) groups excluding carboxylic acids is 1. The van der Waals surface area contributed by atoms with Crippen molar-refractivity contribution in [3.8, 4) is 0 Å². The van der Waals surface area contributed by atoms with Crippen LogP contribution < -0.4 is 5.32 Å². The molecule has 0 aromatic heterocycles. The largest absolute Gasteiger partial charge is 0.478 e. The van der Waals surface area contributed by atoms with E-state index in [2.05, 4.69) is 21.2 Å². The first kappa shape index (κ1) is 14.4.